The summed E-state index contributed by atoms with van der Waals surface area (Å²) in [5.74, 6) is -1.61. The topological polar surface area (TPSA) is 231 Å². The zero-order chi connectivity index (χ0) is 68.1. The summed E-state index contributed by atoms with van der Waals surface area (Å²) in [7, 11) is -9.78. The van der Waals surface area contributed by atoms with Crippen LogP contribution in [-0.4, -0.2) is 95.9 Å². The molecule has 0 spiro atoms. The molecule has 18 heteroatoms. The summed E-state index contributed by atoms with van der Waals surface area (Å²) in [5.41, 5.74) is 0. The van der Waals surface area contributed by atoms with E-state index in [1.165, 1.54) is 96.3 Å². The summed E-state index contributed by atoms with van der Waals surface area (Å²) in [6, 6.07) is 0. The SMILES string of the molecule is CC/C=C\C/C=C\C/C=C\C/C=C\CCCCCCC(=O)OCC(COP(=O)(O)OCC(O)COP(=O)(O)OCC(O)COC(=O)CCCCCCCCCCCCCCC/C=C\C/C=C\C/C=C\C/C=C\CCCCC)OC(=O)CCCCCCC/C=C\CCCC. The number of esters is 3. The van der Waals surface area contributed by atoms with Gasteiger partial charge in [0.05, 0.1) is 26.4 Å². The van der Waals surface area contributed by atoms with Gasteiger partial charge in [-0.25, -0.2) is 9.13 Å². The highest BCUT2D eigenvalue weighted by atomic mass is 31.2. The summed E-state index contributed by atoms with van der Waals surface area (Å²) < 4.78 is 60.8. The number of rotatable bonds is 68. The van der Waals surface area contributed by atoms with Gasteiger partial charge >= 0.3 is 33.6 Å². The first kappa shape index (κ1) is 89.2. The number of carbonyl (C=O) groups is 3. The summed E-state index contributed by atoms with van der Waals surface area (Å²) in [5, 5.41) is 20.6. The lowest BCUT2D eigenvalue weighted by Crippen LogP contribution is -2.30. The Morgan fingerprint density at radius 2 is 0.581 bits per heavy atom. The molecule has 0 aliphatic heterocycles. The minimum atomic E-state index is -4.93. The second-order valence-electron chi connectivity index (χ2n) is 24.0. The van der Waals surface area contributed by atoms with Crippen molar-refractivity contribution >= 4 is 33.6 Å². The van der Waals surface area contributed by atoms with Crippen LogP contribution in [-0.2, 0) is 55.8 Å². The molecule has 0 heterocycles. The van der Waals surface area contributed by atoms with Gasteiger partial charge in [-0.15, -0.1) is 0 Å². The van der Waals surface area contributed by atoms with E-state index < -0.39 is 91.5 Å². The van der Waals surface area contributed by atoms with Crippen LogP contribution in [0.25, 0.3) is 0 Å². The first-order chi connectivity index (χ1) is 45.2. The molecule has 0 amide bonds. The molecule has 0 aliphatic rings. The zero-order valence-corrected chi connectivity index (χ0v) is 59.9. The Kier molecular flexibility index (Phi) is 65.4. The third kappa shape index (κ3) is 69.4. The van der Waals surface area contributed by atoms with Crippen molar-refractivity contribution in [3.8, 4) is 0 Å². The first-order valence-corrected chi connectivity index (χ1v) is 39.2. The molecule has 0 saturated heterocycles. The molecule has 5 unspecified atom stereocenters. The predicted molar refractivity (Wildman–Crippen MR) is 380 cm³/mol. The van der Waals surface area contributed by atoms with E-state index in [-0.39, 0.29) is 19.3 Å². The van der Waals surface area contributed by atoms with Crippen molar-refractivity contribution in [2.45, 2.75) is 309 Å². The molecular formula is C75H130O16P2. The molecule has 5 atom stereocenters. The van der Waals surface area contributed by atoms with Crippen LogP contribution in [0.1, 0.15) is 290 Å². The Bertz CT molecular complexity index is 2130. The van der Waals surface area contributed by atoms with Gasteiger partial charge in [0, 0.05) is 19.3 Å². The Hall–Kier alpha value is -3.79. The summed E-state index contributed by atoms with van der Waals surface area (Å²) >= 11 is 0. The van der Waals surface area contributed by atoms with Gasteiger partial charge in [0.25, 0.3) is 0 Å². The van der Waals surface area contributed by atoms with Crippen molar-refractivity contribution in [1.29, 1.82) is 0 Å². The lowest BCUT2D eigenvalue weighted by molar-refractivity contribution is -0.161. The monoisotopic (exact) mass is 1350 g/mol. The van der Waals surface area contributed by atoms with Crippen LogP contribution in [0.15, 0.2) is 109 Å². The number of phosphoric acid groups is 2. The molecule has 93 heavy (non-hydrogen) atoms. The summed E-state index contributed by atoms with van der Waals surface area (Å²) in [6.07, 6.45) is 77.3. The van der Waals surface area contributed by atoms with Gasteiger partial charge in [-0.1, -0.05) is 259 Å². The van der Waals surface area contributed by atoms with Gasteiger partial charge in [-0.05, 0) is 122 Å². The van der Waals surface area contributed by atoms with Crippen LogP contribution in [0, 0.1) is 0 Å². The number of phosphoric ester groups is 2. The van der Waals surface area contributed by atoms with Gasteiger partial charge in [-0.3, -0.25) is 32.5 Å². The highest BCUT2D eigenvalue weighted by Crippen LogP contribution is 2.45. The average Bonchev–Trinajstić information content (AvgIpc) is 2.35. The number of aliphatic hydroxyl groups is 2. The van der Waals surface area contributed by atoms with Crippen molar-refractivity contribution < 1.29 is 75.8 Å². The van der Waals surface area contributed by atoms with Crippen molar-refractivity contribution in [2.75, 3.05) is 39.6 Å². The third-order valence-electron chi connectivity index (χ3n) is 15.0. The van der Waals surface area contributed by atoms with Crippen molar-refractivity contribution in [3.63, 3.8) is 0 Å². The number of hydrogen-bond donors (Lipinski definition) is 4. The van der Waals surface area contributed by atoms with E-state index in [9.17, 15) is 43.5 Å². The standard InChI is InChI=1S/C75H130O16P2/c1-4-7-10-13-16-19-22-24-26-28-29-30-31-32-33-34-35-36-37-38-39-41-43-44-47-49-52-55-58-61-73(78)85-64-70(76)65-87-92(81,82)88-66-71(77)67-89-93(83,84)90-69-72(91-75(80)63-60-57-54-51-46-21-18-15-12-9-6-3)68-86-74(79)62-59-56-53-50-48-45-42-40-27-25-23-20-17-14-11-8-5-2/h8,11,15-20,24-27,29-30,32-33,42,45,70-72,76-77H,4-7,9-10,12-14,21-23,28,31,34-41,43-44,46-69H2,1-3H3,(H,81,82)(H,83,84)/b11-8-,18-15-,19-16-,20-17-,26-24-,27-25-,30-29-,33-32-,45-42-. The third-order valence-corrected chi connectivity index (χ3v) is 16.9. The van der Waals surface area contributed by atoms with Crippen LogP contribution in [0.2, 0.25) is 0 Å². The molecule has 0 radical (unpaired) electrons. The van der Waals surface area contributed by atoms with Gasteiger partial charge in [0.2, 0.25) is 0 Å². The number of unbranched alkanes of at least 4 members (excludes halogenated alkanes) is 27. The van der Waals surface area contributed by atoms with Crippen LogP contribution in [0.4, 0.5) is 0 Å². The summed E-state index contributed by atoms with van der Waals surface area (Å²) in [6.45, 7) is 2.45. The minimum Gasteiger partial charge on any atom is -0.463 e. The number of aliphatic hydroxyl groups excluding tert-OH is 2. The van der Waals surface area contributed by atoms with Gasteiger partial charge < -0.3 is 34.2 Å². The van der Waals surface area contributed by atoms with Crippen LogP contribution < -0.4 is 0 Å². The molecule has 0 aromatic rings. The van der Waals surface area contributed by atoms with E-state index in [0.29, 0.717) is 19.3 Å². The second kappa shape index (κ2) is 68.2. The van der Waals surface area contributed by atoms with Crippen molar-refractivity contribution in [3.05, 3.63) is 109 Å². The van der Waals surface area contributed by atoms with E-state index in [0.717, 1.165) is 135 Å². The number of hydrogen-bond acceptors (Lipinski definition) is 14. The van der Waals surface area contributed by atoms with E-state index in [1.807, 2.05) is 0 Å². The lowest BCUT2D eigenvalue weighted by Gasteiger charge is -2.21. The van der Waals surface area contributed by atoms with Gasteiger partial charge in [0.1, 0.15) is 25.4 Å². The van der Waals surface area contributed by atoms with E-state index >= 15 is 0 Å². The van der Waals surface area contributed by atoms with Crippen LogP contribution in [0.3, 0.4) is 0 Å². The molecule has 16 nitrogen and oxygen atoms in total. The van der Waals surface area contributed by atoms with Crippen molar-refractivity contribution in [1.82, 2.24) is 0 Å². The van der Waals surface area contributed by atoms with Gasteiger partial charge in [-0.2, -0.15) is 0 Å². The maximum Gasteiger partial charge on any atom is 0.472 e. The van der Waals surface area contributed by atoms with Gasteiger partial charge in [0.15, 0.2) is 6.10 Å². The molecule has 0 aromatic heterocycles. The molecule has 536 valence electrons. The Morgan fingerprint density at radius 1 is 0.312 bits per heavy atom. The lowest BCUT2D eigenvalue weighted by atomic mass is 10.0. The second-order valence-corrected chi connectivity index (χ2v) is 26.9. The summed E-state index contributed by atoms with van der Waals surface area (Å²) in [4.78, 5) is 58.3. The van der Waals surface area contributed by atoms with Crippen molar-refractivity contribution in [2.24, 2.45) is 0 Å². The smallest absolute Gasteiger partial charge is 0.463 e. The fourth-order valence-electron chi connectivity index (χ4n) is 9.41. The van der Waals surface area contributed by atoms with E-state index in [2.05, 4.69) is 130 Å². The normalized spacial score (nSPS) is 14.8. The highest BCUT2D eigenvalue weighted by Gasteiger charge is 2.29. The molecule has 0 bridgehead atoms. The number of carbonyl (C=O) groups excluding carboxylic acids is 3. The maximum atomic E-state index is 12.9. The first-order valence-electron chi connectivity index (χ1n) is 36.2. The van der Waals surface area contributed by atoms with Crippen LogP contribution in [0.5, 0.6) is 0 Å². The molecule has 4 N–H and O–H groups in total. The minimum absolute atomic E-state index is 0.0871. The Balaban J connectivity index is 4.44. The average molecular weight is 1350 g/mol. The quantitative estimate of drug-likeness (QED) is 0.0146. The molecule has 0 rings (SSSR count). The maximum absolute atomic E-state index is 12.9. The molecule has 0 aliphatic carbocycles. The van der Waals surface area contributed by atoms with E-state index in [4.69, 9.17) is 32.3 Å². The molecule has 0 fully saturated rings. The molecule has 0 aromatic carbocycles. The number of allylic oxidation sites excluding steroid dienone is 18. The Labute approximate surface area is 564 Å². The highest BCUT2D eigenvalue weighted by molar-refractivity contribution is 7.47. The fraction of sp³-hybridized carbons (Fsp3) is 0.720. The fourth-order valence-corrected chi connectivity index (χ4v) is 11.0. The Morgan fingerprint density at radius 3 is 0.946 bits per heavy atom. The zero-order valence-electron chi connectivity index (χ0n) is 58.1. The molecule has 0 saturated carbocycles. The van der Waals surface area contributed by atoms with E-state index in [1.54, 1.807) is 0 Å². The predicted octanol–water partition coefficient (Wildman–Crippen LogP) is 20.4. The largest absolute Gasteiger partial charge is 0.472 e. The number of ether oxygens (including phenoxy) is 3. The molecular weight excluding hydrogens is 1220 g/mol. The van der Waals surface area contributed by atoms with Crippen LogP contribution >= 0.6 is 15.6 Å².